The minimum Gasteiger partial charge on any atom is -0.370 e. The van der Waals surface area contributed by atoms with Crippen molar-refractivity contribution < 1.29 is 0 Å². The highest BCUT2D eigenvalue weighted by molar-refractivity contribution is 7.99. The largest absolute Gasteiger partial charge is 0.370 e. The normalized spacial score (nSPS) is 10.6. The standard InChI is InChI=1S/C13H17N5S2/c1-4-5-14-10-6-11(18-13(17-10)19-3)20-12-15-7-9(2)8-16-12/h6-8H,4-5H2,1-3H3,(H,14,17,18). The molecule has 2 aromatic heterocycles. The van der Waals surface area contributed by atoms with E-state index < -0.39 is 0 Å². The first-order chi connectivity index (χ1) is 9.71. The van der Waals surface area contributed by atoms with Gasteiger partial charge >= 0.3 is 0 Å². The summed E-state index contributed by atoms with van der Waals surface area (Å²) in [6.07, 6.45) is 6.64. The van der Waals surface area contributed by atoms with Gasteiger partial charge in [0.1, 0.15) is 10.8 Å². The van der Waals surface area contributed by atoms with Gasteiger partial charge in [-0.2, -0.15) is 0 Å². The van der Waals surface area contributed by atoms with Crippen LogP contribution in [0.15, 0.2) is 33.8 Å². The van der Waals surface area contributed by atoms with Gasteiger partial charge in [0.25, 0.3) is 0 Å². The van der Waals surface area contributed by atoms with Gasteiger partial charge in [0.15, 0.2) is 10.3 Å². The lowest BCUT2D eigenvalue weighted by Crippen LogP contribution is -2.03. The van der Waals surface area contributed by atoms with Crippen LogP contribution in [0.1, 0.15) is 18.9 Å². The third-order valence-electron chi connectivity index (χ3n) is 2.37. The van der Waals surface area contributed by atoms with Crippen molar-refractivity contribution in [3.63, 3.8) is 0 Å². The summed E-state index contributed by atoms with van der Waals surface area (Å²) in [6, 6.07) is 1.93. The maximum Gasteiger partial charge on any atom is 0.193 e. The van der Waals surface area contributed by atoms with Gasteiger partial charge in [-0.05, 0) is 36.9 Å². The molecule has 0 saturated carbocycles. The molecular weight excluding hydrogens is 290 g/mol. The summed E-state index contributed by atoms with van der Waals surface area (Å²) in [5, 5.41) is 5.59. The maximum absolute atomic E-state index is 4.47. The van der Waals surface area contributed by atoms with E-state index in [1.165, 1.54) is 23.5 Å². The molecule has 0 unspecified atom stereocenters. The average Bonchev–Trinajstić information content (AvgIpc) is 2.47. The van der Waals surface area contributed by atoms with Crippen molar-refractivity contribution in [2.45, 2.75) is 35.6 Å². The first-order valence-electron chi connectivity index (χ1n) is 6.34. The van der Waals surface area contributed by atoms with Crippen LogP contribution >= 0.6 is 23.5 Å². The summed E-state index contributed by atoms with van der Waals surface area (Å²) < 4.78 is 0. The fourth-order valence-corrected chi connectivity index (χ4v) is 2.56. The summed E-state index contributed by atoms with van der Waals surface area (Å²) in [7, 11) is 0. The van der Waals surface area contributed by atoms with Crippen LogP contribution in [-0.4, -0.2) is 32.7 Å². The number of aryl methyl sites for hydroxylation is 1. The van der Waals surface area contributed by atoms with Crippen molar-refractivity contribution in [2.24, 2.45) is 0 Å². The van der Waals surface area contributed by atoms with Gasteiger partial charge in [0.2, 0.25) is 0 Å². The van der Waals surface area contributed by atoms with Crippen LogP contribution in [0.25, 0.3) is 0 Å². The SMILES string of the molecule is CCCNc1cc(Sc2ncc(C)cn2)nc(SC)n1. The van der Waals surface area contributed by atoms with E-state index in [9.17, 15) is 0 Å². The van der Waals surface area contributed by atoms with E-state index >= 15 is 0 Å². The number of aromatic nitrogens is 4. The molecule has 0 aliphatic carbocycles. The maximum atomic E-state index is 4.47. The van der Waals surface area contributed by atoms with Gasteiger partial charge in [-0.15, -0.1) is 0 Å². The molecule has 0 saturated heterocycles. The number of anilines is 1. The number of nitrogens with one attached hydrogen (secondary N) is 1. The molecule has 0 bridgehead atoms. The highest BCUT2D eigenvalue weighted by Gasteiger charge is 2.07. The fraction of sp³-hybridized carbons (Fsp3) is 0.385. The van der Waals surface area contributed by atoms with Gasteiger partial charge in [-0.1, -0.05) is 18.7 Å². The Balaban J connectivity index is 2.19. The summed E-state index contributed by atoms with van der Waals surface area (Å²) in [4.78, 5) is 17.5. The quantitative estimate of drug-likeness (QED) is 0.499. The Labute approximate surface area is 127 Å². The molecule has 0 aromatic carbocycles. The van der Waals surface area contributed by atoms with Crippen LogP contribution in [0.2, 0.25) is 0 Å². The average molecular weight is 307 g/mol. The van der Waals surface area contributed by atoms with Gasteiger partial charge in [0, 0.05) is 25.0 Å². The monoisotopic (exact) mass is 307 g/mol. The lowest BCUT2D eigenvalue weighted by atomic mass is 10.4. The Morgan fingerprint density at radius 3 is 2.55 bits per heavy atom. The number of thioether (sulfide) groups is 1. The molecule has 20 heavy (non-hydrogen) atoms. The van der Waals surface area contributed by atoms with E-state index in [2.05, 4.69) is 32.2 Å². The number of hydrogen-bond acceptors (Lipinski definition) is 7. The first kappa shape index (κ1) is 15.1. The van der Waals surface area contributed by atoms with E-state index in [1.54, 1.807) is 0 Å². The molecule has 0 amide bonds. The highest BCUT2D eigenvalue weighted by Crippen LogP contribution is 2.26. The molecule has 0 aliphatic rings. The second-order valence-corrected chi connectivity index (χ2v) is 5.91. The summed E-state index contributed by atoms with van der Waals surface area (Å²) in [5.41, 5.74) is 1.05. The summed E-state index contributed by atoms with van der Waals surface area (Å²) in [6.45, 7) is 4.99. The van der Waals surface area contributed by atoms with E-state index in [0.717, 1.165) is 34.5 Å². The molecule has 0 radical (unpaired) electrons. The van der Waals surface area contributed by atoms with Gasteiger partial charge in [0.05, 0.1) is 0 Å². The molecule has 0 atom stereocenters. The second-order valence-electron chi connectivity index (χ2n) is 4.15. The van der Waals surface area contributed by atoms with Crippen molar-refractivity contribution in [1.82, 2.24) is 19.9 Å². The van der Waals surface area contributed by atoms with E-state index in [4.69, 9.17) is 0 Å². The van der Waals surface area contributed by atoms with Crippen LogP contribution in [-0.2, 0) is 0 Å². The molecule has 2 rings (SSSR count). The molecule has 106 valence electrons. The van der Waals surface area contributed by atoms with Gasteiger partial charge < -0.3 is 5.32 Å². The van der Waals surface area contributed by atoms with Gasteiger partial charge in [-0.25, -0.2) is 19.9 Å². The second kappa shape index (κ2) is 7.44. The predicted molar refractivity (Wildman–Crippen MR) is 83.5 cm³/mol. The van der Waals surface area contributed by atoms with Crippen molar-refractivity contribution in [2.75, 3.05) is 18.1 Å². The minimum absolute atomic E-state index is 0.697. The number of nitrogens with zero attached hydrogens (tertiary/aromatic N) is 4. The molecule has 2 heterocycles. The molecule has 0 fully saturated rings. The van der Waals surface area contributed by atoms with Crippen LogP contribution in [0, 0.1) is 6.92 Å². The lowest BCUT2D eigenvalue weighted by molar-refractivity contribution is 0.871. The van der Waals surface area contributed by atoms with E-state index in [0.29, 0.717) is 5.16 Å². The molecule has 5 nitrogen and oxygen atoms in total. The first-order valence-corrected chi connectivity index (χ1v) is 8.39. The zero-order valence-electron chi connectivity index (χ0n) is 11.8. The van der Waals surface area contributed by atoms with E-state index in [1.807, 2.05) is 31.6 Å². The molecule has 1 N–H and O–H groups in total. The highest BCUT2D eigenvalue weighted by atomic mass is 32.2. The molecule has 7 heteroatoms. The zero-order valence-corrected chi connectivity index (χ0v) is 13.4. The van der Waals surface area contributed by atoms with Crippen LogP contribution in [0.5, 0.6) is 0 Å². The molecular formula is C13H17N5S2. The third-order valence-corrected chi connectivity index (χ3v) is 3.73. The molecule has 0 aliphatic heterocycles. The lowest BCUT2D eigenvalue weighted by Gasteiger charge is -2.07. The van der Waals surface area contributed by atoms with Gasteiger partial charge in [-0.3, -0.25) is 0 Å². The van der Waals surface area contributed by atoms with Crippen molar-refractivity contribution in [3.05, 3.63) is 24.0 Å². The minimum atomic E-state index is 0.697. The van der Waals surface area contributed by atoms with Crippen LogP contribution in [0.4, 0.5) is 5.82 Å². The van der Waals surface area contributed by atoms with Crippen LogP contribution in [0.3, 0.4) is 0 Å². The smallest absolute Gasteiger partial charge is 0.193 e. The van der Waals surface area contributed by atoms with Crippen molar-refractivity contribution >= 4 is 29.3 Å². The Morgan fingerprint density at radius 1 is 1.15 bits per heavy atom. The summed E-state index contributed by atoms with van der Waals surface area (Å²) >= 11 is 2.97. The Bertz CT molecular complexity index is 559. The predicted octanol–water partition coefficient (Wildman–Crippen LogP) is 3.27. The number of hydrogen-bond donors (Lipinski definition) is 1. The Morgan fingerprint density at radius 2 is 1.90 bits per heavy atom. The van der Waals surface area contributed by atoms with Crippen molar-refractivity contribution in [3.8, 4) is 0 Å². The summed E-state index contributed by atoms with van der Waals surface area (Å²) in [5.74, 6) is 0.848. The Hall–Kier alpha value is -1.34. The Kier molecular flexibility index (Phi) is 5.60. The zero-order chi connectivity index (χ0) is 14.4. The van der Waals surface area contributed by atoms with E-state index in [-0.39, 0.29) is 0 Å². The molecule has 0 spiro atoms. The third kappa shape index (κ3) is 4.35. The van der Waals surface area contributed by atoms with Crippen molar-refractivity contribution in [1.29, 1.82) is 0 Å². The fourth-order valence-electron chi connectivity index (χ4n) is 1.42. The molecule has 2 aromatic rings. The number of rotatable bonds is 6. The van der Waals surface area contributed by atoms with Crippen LogP contribution < -0.4 is 5.32 Å². The topological polar surface area (TPSA) is 63.6 Å².